The van der Waals surface area contributed by atoms with E-state index in [1.165, 1.54) is 45.0 Å². The molecule has 26 heteroatoms. The van der Waals surface area contributed by atoms with Crippen molar-refractivity contribution in [2.24, 2.45) is 29.6 Å². The molecule has 0 amide bonds. The van der Waals surface area contributed by atoms with E-state index in [9.17, 15) is 92.0 Å². The molecule has 4 N–H and O–H groups in total. The van der Waals surface area contributed by atoms with Gasteiger partial charge in [-0.2, -0.15) is 52.7 Å². The largest absolute Gasteiger partial charge is 0.508 e. The van der Waals surface area contributed by atoms with Gasteiger partial charge in [-0.05, 0) is 174 Å². The Morgan fingerprint density at radius 1 is 0.516 bits per heavy atom. The third kappa shape index (κ3) is 22.7. The molecular weight excluding hydrogens is 1230 g/mol. The first kappa shape index (κ1) is 77.3. The highest BCUT2D eigenvalue weighted by Gasteiger charge is 2.62. The fourth-order valence-corrected chi connectivity index (χ4v) is 9.89. The number of ether oxygens (including phenoxy) is 5. The highest BCUT2D eigenvalue weighted by molar-refractivity contribution is 5.90. The van der Waals surface area contributed by atoms with Gasteiger partial charge in [0.1, 0.15) is 40.8 Å². The van der Waals surface area contributed by atoms with Crippen LogP contribution in [0.25, 0.3) is 22.9 Å². The molecule has 4 aromatic carbocycles. The van der Waals surface area contributed by atoms with Gasteiger partial charge in [0.25, 0.3) is 0 Å². The normalized spacial score (nSPS) is 21.3. The van der Waals surface area contributed by atoms with Crippen molar-refractivity contribution < 1.29 is 121 Å². The first-order valence-corrected chi connectivity index (χ1v) is 27.8. The molecule has 500 valence electrons. The molecule has 3 aliphatic rings. The van der Waals surface area contributed by atoms with Crippen LogP contribution in [0, 0.1) is 29.6 Å². The minimum absolute atomic E-state index is 0.0130. The second-order valence-electron chi connectivity index (χ2n) is 22.7. The Labute approximate surface area is 517 Å². The van der Waals surface area contributed by atoms with Crippen LogP contribution in [0.15, 0.2) is 135 Å². The van der Waals surface area contributed by atoms with E-state index in [1.807, 2.05) is 42.5 Å². The molecule has 4 aromatic rings. The number of alkyl halides is 12. The Hall–Kier alpha value is -7.97. The molecule has 91 heavy (non-hydrogen) atoms. The van der Waals surface area contributed by atoms with E-state index in [-0.39, 0.29) is 29.2 Å². The van der Waals surface area contributed by atoms with Crippen LogP contribution in [-0.2, 0) is 33.4 Å². The highest BCUT2D eigenvalue weighted by atomic mass is 19.4. The molecule has 7 rings (SSSR count). The van der Waals surface area contributed by atoms with E-state index in [2.05, 4.69) is 32.9 Å². The van der Waals surface area contributed by atoms with Crippen LogP contribution in [0.5, 0.6) is 23.0 Å². The Morgan fingerprint density at radius 3 is 1.40 bits per heavy atom. The number of fused-ring (bicyclic) bond motifs is 3. The third-order valence-electron chi connectivity index (χ3n) is 15.1. The lowest BCUT2D eigenvalue weighted by atomic mass is 9.67. The number of benzene rings is 4. The number of aromatic hydroxyl groups is 1. The lowest BCUT2D eigenvalue weighted by Gasteiger charge is -2.46. The Balaban J connectivity index is 0.000000307. The monoisotopic (exact) mass is 1300 g/mol. The topological polar surface area (TPSA) is 212 Å². The average Bonchev–Trinajstić information content (AvgIpc) is 1.66. The second-order valence-corrected chi connectivity index (χ2v) is 22.7. The van der Waals surface area contributed by atoms with Crippen molar-refractivity contribution in [2.45, 2.75) is 147 Å². The molecule has 3 fully saturated rings. The van der Waals surface area contributed by atoms with Gasteiger partial charge < -0.3 is 44.1 Å². The SMILES string of the molecule is C=C(C(=O)OC1CC2CC(CC(C)(O)C(F)(F)F)C1C2)C(F)(F)F.C=C(C)C(=O)OC1CC(C(C)(O)C(F)(F)F)CC(C(C)(O)C(F)(F)F)C1.C=C(C)C(=O)Oc1ccc(O)cc1.C=Cc1ccc(OC(C)=O)cc1.C=Cc1ccc2cc(OC(C)=O)ccc2c1. The zero-order chi connectivity index (χ0) is 69.6. The summed E-state index contributed by atoms with van der Waals surface area (Å²) in [6.45, 7) is 23.9. The molecule has 3 aliphatic carbocycles. The van der Waals surface area contributed by atoms with Crippen LogP contribution in [0.3, 0.4) is 0 Å². The fourth-order valence-electron chi connectivity index (χ4n) is 9.89. The average molecular weight is 1310 g/mol. The molecule has 3 saturated carbocycles. The predicted octanol–water partition coefficient (Wildman–Crippen LogP) is 14.8. The molecule has 0 aromatic heterocycles. The van der Waals surface area contributed by atoms with Crippen molar-refractivity contribution in [1.29, 1.82) is 0 Å². The predicted molar refractivity (Wildman–Crippen MR) is 311 cm³/mol. The van der Waals surface area contributed by atoms with Gasteiger partial charge in [-0.25, -0.2) is 14.4 Å². The van der Waals surface area contributed by atoms with Crippen LogP contribution in [-0.4, -0.2) is 104 Å². The summed E-state index contributed by atoms with van der Waals surface area (Å²) in [7, 11) is 0. The van der Waals surface area contributed by atoms with Crippen molar-refractivity contribution >= 4 is 52.8 Å². The van der Waals surface area contributed by atoms with Gasteiger partial charge in [0, 0.05) is 36.8 Å². The first-order chi connectivity index (χ1) is 41.6. The lowest BCUT2D eigenvalue weighted by molar-refractivity contribution is -0.299. The van der Waals surface area contributed by atoms with Gasteiger partial charge in [0.05, 0.1) is 0 Å². The van der Waals surface area contributed by atoms with Gasteiger partial charge >= 0.3 is 54.6 Å². The number of phenolic OH excluding ortho intramolecular Hbond substituents is 1. The van der Waals surface area contributed by atoms with E-state index >= 15 is 0 Å². The van der Waals surface area contributed by atoms with Gasteiger partial charge in [-0.1, -0.05) is 75.4 Å². The van der Waals surface area contributed by atoms with Gasteiger partial charge in [-0.15, -0.1) is 0 Å². The van der Waals surface area contributed by atoms with Crippen LogP contribution < -0.4 is 14.2 Å². The maximum atomic E-state index is 13.1. The standard InChI is InChI=1S/C16H22F6O4.C15H18F6O3.C14H12O2.C10H10O3.C10H10O2/c1-8(2)12(23)26-11-6-9(13(3,24)15(17,18)19)5-10(7-11)14(4,25)16(20,21)22;1-7(14(16,17)18)12(22)24-11-5-8-3-9(10(11)4-8)6-13(2,23)15(19,20)21;1-3-11-4-5-13-9-14(16-10(2)15)7-6-12(13)8-11;1-7(2)10(12)13-9-5-3-8(11)4-6-9;1-3-9-4-6-10(7-5-9)12-8(2)11/h9-11,24-25H,1,5-7H2,2-4H3;8-11,23H,1,3-6H2,2H3;3-9H,1H2,2H3;3-6,11H,1H2,2H3;3-7H,1H2,2H3. The van der Waals surface area contributed by atoms with Crippen molar-refractivity contribution in [1.82, 2.24) is 0 Å². The molecule has 0 heterocycles. The van der Waals surface area contributed by atoms with Crippen molar-refractivity contribution in [3.05, 3.63) is 146 Å². The first-order valence-electron chi connectivity index (χ1n) is 27.8. The number of aliphatic hydroxyl groups is 3. The molecule has 0 aliphatic heterocycles. The quantitative estimate of drug-likeness (QED) is 0.0400. The van der Waals surface area contributed by atoms with Crippen LogP contribution in [0.2, 0.25) is 0 Å². The Bertz CT molecular complexity index is 3200. The highest BCUT2D eigenvalue weighted by Crippen LogP contribution is 2.54. The number of phenols is 1. The second kappa shape index (κ2) is 31.4. The number of esters is 5. The number of carbonyl (C=O) groups excluding carboxylic acids is 5. The van der Waals surface area contributed by atoms with E-state index < -0.39 is 127 Å². The third-order valence-corrected chi connectivity index (χ3v) is 15.1. The van der Waals surface area contributed by atoms with Crippen molar-refractivity contribution in [2.75, 3.05) is 0 Å². The van der Waals surface area contributed by atoms with Crippen LogP contribution in [0.1, 0.15) is 105 Å². The summed E-state index contributed by atoms with van der Waals surface area (Å²) in [6.07, 6.45) is -19.6. The fraction of sp³-hybridized carbons (Fsp3) is 0.431. The minimum atomic E-state index is -5.10. The smallest absolute Gasteiger partial charge is 0.422 e. The zero-order valence-electron chi connectivity index (χ0n) is 50.7. The molecular formula is C65H72F12O14. The molecule has 9 atom stereocenters. The van der Waals surface area contributed by atoms with E-state index in [1.54, 1.807) is 37.3 Å². The van der Waals surface area contributed by atoms with Crippen molar-refractivity contribution in [3.63, 3.8) is 0 Å². The molecule has 0 spiro atoms. The molecule has 9 unspecified atom stereocenters. The Kier molecular flexibility index (Phi) is 26.6. The summed E-state index contributed by atoms with van der Waals surface area (Å²) >= 11 is 0. The molecule has 0 saturated heterocycles. The van der Waals surface area contributed by atoms with E-state index in [0.29, 0.717) is 62.9 Å². The summed E-state index contributed by atoms with van der Waals surface area (Å²) < 4.78 is 179. The van der Waals surface area contributed by atoms with Gasteiger partial charge in [0.15, 0.2) is 16.8 Å². The van der Waals surface area contributed by atoms with Crippen molar-refractivity contribution in [3.8, 4) is 23.0 Å². The number of rotatable bonds is 14. The summed E-state index contributed by atoms with van der Waals surface area (Å²) in [4.78, 5) is 55.5. The van der Waals surface area contributed by atoms with Gasteiger partial charge in [0.2, 0.25) is 0 Å². The summed E-state index contributed by atoms with van der Waals surface area (Å²) in [6, 6.07) is 24.6. The summed E-state index contributed by atoms with van der Waals surface area (Å²) in [5.74, 6) is -6.41. The molecule has 2 bridgehead atoms. The summed E-state index contributed by atoms with van der Waals surface area (Å²) in [5, 5.41) is 40.5. The molecule has 14 nitrogen and oxygen atoms in total. The number of hydrogen-bond acceptors (Lipinski definition) is 14. The Morgan fingerprint density at radius 2 is 0.956 bits per heavy atom. The lowest BCUT2D eigenvalue weighted by Crippen LogP contribution is -2.57. The molecule has 0 radical (unpaired) electrons. The van der Waals surface area contributed by atoms with Crippen LogP contribution >= 0.6 is 0 Å². The summed E-state index contributed by atoms with van der Waals surface area (Å²) in [5.41, 5.74) is -8.78. The zero-order valence-corrected chi connectivity index (χ0v) is 50.7. The number of carbonyl (C=O) groups is 5. The maximum Gasteiger partial charge on any atom is 0.422 e. The van der Waals surface area contributed by atoms with Crippen LogP contribution in [0.4, 0.5) is 52.7 Å². The van der Waals surface area contributed by atoms with E-state index in [4.69, 9.17) is 28.8 Å². The minimum Gasteiger partial charge on any atom is -0.508 e. The number of halogens is 12. The maximum absolute atomic E-state index is 13.1. The van der Waals surface area contributed by atoms with E-state index in [0.717, 1.165) is 21.9 Å². The van der Waals surface area contributed by atoms with Gasteiger partial charge in [-0.3, -0.25) is 9.59 Å². The number of hydrogen-bond donors (Lipinski definition) is 4.